The molecule has 0 aliphatic carbocycles. The number of ether oxygens (including phenoxy) is 1. The Balaban J connectivity index is 1.99. The molecule has 5 heteroatoms. The minimum absolute atomic E-state index is 0.0320. The summed E-state index contributed by atoms with van der Waals surface area (Å²) in [4.78, 5) is 28.8. The Morgan fingerprint density at radius 2 is 1.00 bits per heavy atom. The molecule has 0 aromatic heterocycles. The van der Waals surface area contributed by atoms with Crippen LogP contribution in [0.15, 0.2) is 102 Å². The smallest absolute Gasteiger partial charge is 0.303 e. The van der Waals surface area contributed by atoms with Crippen LogP contribution < -0.4 is 5.32 Å². The van der Waals surface area contributed by atoms with Gasteiger partial charge in [0.15, 0.2) is 0 Å². The van der Waals surface area contributed by atoms with Gasteiger partial charge in [-0.25, -0.2) is 0 Å². The first-order chi connectivity index (χ1) is 22.4. The molecule has 4 nitrogen and oxygen atoms in total. The highest BCUT2D eigenvalue weighted by Crippen LogP contribution is 2.44. The predicted octanol–water partition coefficient (Wildman–Crippen LogP) is 11.0. The molecular weight excluding hydrogens is 611 g/mol. The van der Waals surface area contributed by atoms with E-state index < -0.39 is 23.9 Å². The van der Waals surface area contributed by atoms with Crippen LogP contribution in [0.2, 0.25) is 0 Å². The van der Waals surface area contributed by atoms with Gasteiger partial charge in [-0.05, 0) is 68.0 Å². The quantitative estimate of drug-likeness (QED) is 0.143. The number of anilines is 1. The number of rotatable bonds is 9. The van der Waals surface area contributed by atoms with Gasteiger partial charge in [-0.2, -0.15) is 0 Å². The number of carbonyl (C=O) groups excluding carboxylic acids is 2. The summed E-state index contributed by atoms with van der Waals surface area (Å²) in [5, 5.41) is 3.26. The first-order valence-corrected chi connectivity index (χ1v) is 18.0. The van der Waals surface area contributed by atoms with E-state index in [0.717, 1.165) is 32.8 Å². The lowest BCUT2D eigenvalue weighted by Crippen LogP contribution is -2.36. The fourth-order valence-corrected chi connectivity index (χ4v) is 6.67. The molecule has 0 bridgehead atoms. The summed E-state index contributed by atoms with van der Waals surface area (Å²) in [7, 11) is 0. The number of amides is 1. The molecule has 4 aromatic carbocycles. The summed E-state index contributed by atoms with van der Waals surface area (Å²) >= 11 is 1.58. The van der Waals surface area contributed by atoms with Crippen molar-refractivity contribution >= 4 is 29.3 Å². The Labute approximate surface area is 293 Å². The molecule has 0 radical (unpaired) electrons. The van der Waals surface area contributed by atoms with E-state index in [1.807, 2.05) is 42.7 Å². The third-order valence-electron chi connectivity index (χ3n) is 9.02. The van der Waals surface area contributed by atoms with Gasteiger partial charge in [0.05, 0.1) is 11.6 Å². The first kappa shape index (κ1) is 37.0. The molecule has 254 valence electrons. The molecule has 2 atom stereocenters. The van der Waals surface area contributed by atoms with Crippen molar-refractivity contribution in [2.45, 2.75) is 102 Å². The van der Waals surface area contributed by atoms with Crippen LogP contribution in [0.25, 0.3) is 0 Å². The van der Waals surface area contributed by atoms with Crippen LogP contribution in [0.4, 0.5) is 5.69 Å². The van der Waals surface area contributed by atoms with Crippen LogP contribution in [0.1, 0.15) is 115 Å². The predicted molar refractivity (Wildman–Crippen MR) is 202 cm³/mol. The highest BCUT2D eigenvalue weighted by Gasteiger charge is 2.41. The molecule has 0 aliphatic heterocycles. The van der Waals surface area contributed by atoms with E-state index in [9.17, 15) is 9.59 Å². The zero-order valence-corrected chi connectivity index (χ0v) is 31.4. The van der Waals surface area contributed by atoms with Gasteiger partial charge < -0.3 is 10.1 Å². The SMILES string of the molecule is CSc1ccccc1NC(=O)C(C(OC(C)=O)c1ccc(C(C)(C)C)cc1)C(c1ccc(C(C)(C)C)cc1)c1ccc(C(C)(C)C)cc1. The van der Waals surface area contributed by atoms with E-state index in [-0.39, 0.29) is 22.2 Å². The van der Waals surface area contributed by atoms with E-state index in [1.54, 1.807) is 11.8 Å². The van der Waals surface area contributed by atoms with Crippen molar-refractivity contribution in [3.63, 3.8) is 0 Å². The standard InChI is InChI=1S/C43H53NO3S/c1-28(45)47-39(31-20-26-34(27-21-31)43(8,9)10)38(40(46)44-35-14-12-13-15-36(35)48-11)37(29-16-22-32(23-17-29)41(2,3)4)30-18-24-33(25-19-30)42(5,6)7/h12-27,37-39H,1-11H3,(H,44,46). The van der Waals surface area contributed by atoms with E-state index in [1.165, 1.54) is 18.1 Å². The van der Waals surface area contributed by atoms with Gasteiger partial charge in [0.1, 0.15) is 6.10 Å². The molecule has 2 unspecified atom stereocenters. The number of hydrogen-bond donors (Lipinski definition) is 1. The molecule has 0 saturated heterocycles. The first-order valence-electron chi connectivity index (χ1n) is 16.8. The molecule has 48 heavy (non-hydrogen) atoms. The van der Waals surface area contributed by atoms with Crippen molar-refractivity contribution in [3.8, 4) is 0 Å². The largest absolute Gasteiger partial charge is 0.457 e. The zero-order chi connectivity index (χ0) is 35.4. The maximum atomic E-state index is 14.9. The Kier molecular flexibility index (Phi) is 11.4. The highest BCUT2D eigenvalue weighted by molar-refractivity contribution is 7.98. The molecule has 0 fully saturated rings. The molecular formula is C43H53NO3S. The fourth-order valence-electron chi connectivity index (χ4n) is 6.12. The van der Waals surface area contributed by atoms with Gasteiger partial charge >= 0.3 is 5.97 Å². The Morgan fingerprint density at radius 1 is 0.604 bits per heavy atom. The number of benzene rings is 4. The van der Waals surface area contributed by atoms with Gasteiger partial charge in [0.25, 0.3) is 0 Å². The van der Waals surface area contributed by atoms with Crippen LogP contribution in [0, 0.1) is 5.92 Å². The minimum atomic E-state index is -0.854. The Bertz CT molecular complexity index is 1630. The maximum Gasteiger partial charge on any atom is 0.303 e. The Hall–Kier alpha value is -3.83. The van der Waals surface area contributed by atoms with Crippen molar-refractivity contribution in [2.24, 2.45) is 5.92 Å². The zero-order valence-electron chi connectivity index (χ0n) is 30.6. The third-order valence-corrected chi connectivity index (χ3v) is 9.82. The molecule has 4 aromatic rings. The monoisotopic (exact) mass is 663 g/mol. The average molecular weight is 664 g/mol. The average Bonchev–Trinajstić information content (AvgIpc) is 3.02. The summed E-state index contributed by atoms with van der Waals surface area (Å²) in [5.41, 5.74) is 6.92. The Morgan fingerprint density at radius 3 is 1.38 bits per heavy atom. The van der Waals surface area contributed by atoms with Crippen LogP contribution in [-0.2, 0) is 30.6 Å². The number of thioether (sulfide) groups is 1. The second-order valence-electron chi connectivity index (χ2n) is 15.8. The summed E-state index contributed by atoms with van der Waals surface area (Å²) in [5.74, 6) is -1.88. The van der Waals surface area contributed by atoms with Crippen molar-refractivity contribution < 1.29 is 14.3 Å². The van der Waals surface area contributed by atoms with Crippen LogP contribution in [0.5, 0.6) is 0 Å². The number of para-hydroxylation sites is 1. The summed E-state index contributed by atoms with van der Waals surface area (Å²) in [6.45, 7) is 21.1. The minimum Gasteiger partial charge on any atom is -0.457 e. The van der Waals surface area contributed by atoms with Gasteiger partial charge in [-0.3, -0.25) is 9.59 Å². The number of carbonyl (C=O) groups is 2. The van der Waals surface area contributed by atoms with Crippen molar-refractivity contribution in [2.75, 3.05) is 11.6 Å². The lowest BCUT2D eigenvalue weighted by Gasteiger charge is -2.34. The fraction of sp³-hybridized carbons (Fsp3) is 0.395. The van der Waals surface area contributed by atoms with Crippen LogP contribution in [-0.4, -0.2) is 18.1 Å². The lowest BCUT2D eigenvalue weighted by molar-refractivity contribution is -0.151. The van der Waals surface area contributed by atoms with Gasteiger partial charge in [-0.1, -0.05) is 147 Å². The van der Waals surface area contributed by atoms with Crippen molar-refractivity contribution in [1.29, 1.82) is 0 Å². The number of esters is 1. The summed E-state index contributed by atoms with van der Waals surface area (Å²) in [6, 6.07) is 33.1. The normalized spacial score (nSPS) is 13.6. The van der Waals surface area contributed by atoms with Gasteiger partial charge in [0.2, 0.25) is 5.91 Å². The van der Waals surface area contributed by atoms with E-state index in [2.05, 4.69) is 128 Å². The molecule has 4 rings (SSSR count). The van der Waals surface area contributed by atoms with Gasteiger partial charge in [-0.15, -0.1) is 11.8 Å². The molecule has 0 saturated carbocycles. The summed E-state index contributed by atoms with van der Waals surface area (Å²) in [6.07, 6.45) is 1.14. The second-order valence-corrected chi connectivity index (χ2v) is 16.7. The highest BCUT2D eigenvalue weighted by atomic mass is 32.2. The molecule has 1 amide bonds. The van der Waals surface area contributed by atoms with Crippen LogP contribution >= 0.6 is 11.8 Å². The van der Waals surface area contributed by atoms with Gasteiger partial charge in [0, 0.05) is 17.7 Å². The van der Waals surface area contributed by atoms with Crippen molar-refractivity contribution in [1.82, 2.24) is 0 Å². The number of hydrogen-bond acceptors (Lipinski definition) is 4. The summed E-state index contributed by atoms with van der Waals surface area (Å²) < 4.78 is 6.21. The molecule has 1 N–H and O–H groups in total. The van der Waals surface area contributed by atoms with E-state index in [0.29, 0.717) is 0 Å². The number of nitrogens with one attached hydrogen (secondary N) is 1. The van der Waals surface area contributed by atoms with Crippen LogP contribution in [0.3, 0.4) is 0 Å². The maximum absolute atomic E-state index is 14.9. The second kappa shape index (κ2) is 14.7. The van der Waals surface area contributed by atoms with E-state index >= 15 is 0 Å². The third kappa shape index (κ3) is 8.99. The van der Waals surface area contributed by atoms with E-state index in [4.69, 9.17) is 4.74 Å². The van der Waals surface area contributed by atoms with Crippen molar-refractivity contribution in [3.05, 3.63) is 130 Å². The molecule has 0 aliphatic rings. The lowest BCUT2D eigenvalue weighted by atomic mass is 9.74. The molecule has 0 heterocycles. The topological polar surface area (TPSA) is 55.4 Å². The molecule has 0 spiro atoms.